The summed E-state index contributed by atoms with van der Waals surface area (Å²) in [5.41, 5.74) is 0. The Morgan fingerprint density at radius 1 is 1.33 bits per heavy atom. The van der Waals surface area contributed by atoms with Crippen LogP contribution in [0.2, 0.25) is 0 Å². The summed E-state index contributed by atoms with van der Waals surface area (Å²) in [5, 5.41) is 2.81. The van der Waals surface area contributed by atoms with E-state index >= 15 is 0 Å². The fourth-order valence-electron chi connectivity index (χ4n) is 1.84. The van der Waals surface area contributed by atoms with Gasteiger partial charge in [0.25, 0.3) is 0 Å². The van der Waals surface area contributed by atoms with E-state index in [1.54, 1.807) is 12.4 Å². The minimum atomic E-state index is 0.00822. The maximum absolute atomic E-state index is 11.6. The number of anilines is 1. The second-order valence-electron chi connectivity index (χ2n) is 4.01. The number of carbonyl (C=O) groups is 1. The van der Waals surface area contributed by atoms with Crippen molar-refractivity contribution in [3.05, 3.63) is 16.9 Å². The summed E-state index contributed by atoms with van der Waals surface area (Å²) >= 11 is 3.31. The Kier molecular flexibility index (Phi) is 4.35. The molecule has 18 heavy (non-hydrogen) atoms. The first-order chi connectivity index (χ1) is 8.70. The molecule has 0 unspecified atom stereocenters. The van der Waals surface area contributed by atoms with Crippen molar-refractivity contribution >= 4 is 27.9 Å². The second-order valence-corrected chi connectivity index (χ2v) is 4.93. The Hall–Kier alpha value is -1.37. The molecule has 1 aromatic heterocycles. The largest absolute Gasteiger partial charge is 0.338 e. The number of aromatic nitrogens is 2. The number of nitrogens with zero attached hydrogens (tertiary/aromatic N) is 4. The van der Waals surface area contributed by atoms with Gasteiger partial charge in [0.1, 0.15) is 0 Å². The number of urea groups is 1. The molecule has 7 heteroatoms. The molecule has 1 N–H and O–H groups in total. The molecule has 1 aromatic rings. The quantitative estimate of drug-likeness (QED) is 0.888. The number of halogens is 1. The minimum absolute atomic E-state index is 0.00822. The molecule has 1 aliphatic heterocycles. The SMILES string of the molecule is CCNC(=O)N1CCN(c2ncc(Br)cn2)CC1. The van der Waals surface area contributed by atoms with Gasteiger partial charge in [-0.2, -0.15) is 0 Å². The van der Waals surface area contributed by atoms with E-state index in [1.165, 1.54) is 0 Å². The zero-order chi connectivity index (χ0) is 13.0. The highest BCUT2D eigenvalue weighted by Crippen LogP contribution is 2.13. The third kappa shape index (κ3) is 3.10. The summed E-state index contributed by atoms with van der Waals surface area (Å²) in [5.74, 6) is 0.716. The van der Waals surface area contributed by atoms with Crippen LogP contribution in [0, 0.1) is 0 Å². The molecule has 0 aromatic carbocycles. The van der Waals surface area contributed by atoms with Crippen molar-refractivity contribution in [1.29, 1.82) is 0 Å². The highest BCUT2D eigenvalue weighted by molar-refractivity contribution is 9.10. The lowest BCUT2D eigenvalue weighted by molar-refractivity contribution is 0.194. The number of piperazine rings is 1. The van der Waals surface area contributed by atoms with E-state index in [0.717, 1.165) is 17.6 Å². The summed E-state index contributed by atoms with van der Waals surface area (Å²) < 4.78 is 0.868. The Bertz CT molecular complexity index is 402. The summed E-state index contributed by atoms with van der Waals surface area (Å²) in [6.07, 6.45) is 3.47. The first kappa shape index (κ1) is 13.1. The van der Waals surface area contributed by atoms with Crippen LogP contribution in [-0.4, -0.2) is 53.6 Å². The van der Waals surface area contributed by atoms with Gasteiger partial charge in [-0.1, -0.05) is 0 Å². The number of nitrogens with one attached hydrogen (secondary N) is 1. The van der Waals surface area contributed by atoms with Gasteiger partial charge < -0.3 is 15.1 Å². The summed E-state index contributed by atoms with van der Waals surface area (Å²) in [6, 6.07) is 0.00822. The average molecular weight is 314 g/mol. The van der Waals surface area contributed by atoms with Crippen molar-refractivity contribution in [2.24, 2.45) is 0 Å². The van der Waals surface area contributed by atoms with Gasteiger partial charge in [-0.25, -0.2) is 14.8 Å². The van der Waals surface area contributed by atoms with Gasteiger partial charge in [0.05, 0.1) is 4.47 Å². The van der Waals surface area contributed by atoms with E-state index in [0.29, 0.717) is 25.6 Å². The van der Waals surface area contributed by atoms with Crippen molar-refractivity contribution in [3.63, 3.8) is 0 Å². The van der Waals surface area contributed by atoms with Crippen molar-refractivity contribution in [3.8, 4) is 0 Å². The lowest BCUT2D eigenvalue weighted by atomic mass is 10.3. The molecular weight excluding hydrogens is 298 g/mol. The fraction of sp³-hybridized carbons (Fsp3) is 0.545. The van der Waals surface area contributed by atoms with Crippen LogP contribution >= 0.6 is 15.9 Å². The molecule has 2 rings (SSSR count). The number of rotatable bonds is 2. The normalized spacial score (nSPS) is 15.7. The van der Waals surface area contributed by atoms with Gasteiger partial charge in [0.2, 0.25) is 5.95 Å². The molecule has 2 amide bonds. The standard InChI is InChI=1S/C11H16BrN5O/c1-2-13-11(18)17-5-3-16(4-6-17)10-14-7-9(12)8-15-10/h7-8H,2-6H2,1H3,(H,13,18). The maximum atomic E-state index is 11.6. The Morgan fingerprint density at radius 3 is 2.50 bits per heavy atom. The topological polar surface area (TPSA) is 61.4 Å². The van der Waals surface area contributed by atoms with E-state index in [-0.39, 0.29) is 6.03 Å². The van der Waals surface area contributed by atoms with Crippen molar-refractivity contribution in [2.75, 3.05) is 37.6 Å². The molecule has 0 atom stereocenters. The monoisotopic (exact) mass is 313 g/mol. The molecule has 0 radical (unpaired) electrons. The highest BCUT2D eigenvalue weighted by atomic mass is 79.9. The van der Waals surface area contributed by atoms with E-state index in [2.05, 4.69) is 36.1 Å². The van der Waals surface area contributed by atoms with E-state index < -0.39 is 0 Å². The van der Waals surface area contributed by atoms with E-state index in [1.807, 2.05) is 11.8 Å². The molecule has 1 fully saturated rings. The molecular formula is C11H16BrN5O. The zero-order valence-electron chi connectivity index (χ0n) is 10.3. The molecule has 2 heterocycles. The molecule has 0 aliphatic carbocycles. The number of amides is 2. The van der Waals surface area contributed by atoms with E-state index in [4.69, 9.17) is 0 Å². The molecule has 1 saturated heterocycles. The van der Waals surface area contributed by atoms with Gasteiger partial charge >= 0.3 is 6.03 Å². The van der Waals surface area contributed by atoms with Crippen LogP contribution < -0.4 is 10.2 Å². The first-order valence-corrected chi connectivity index (χ1v) is 6.75. The summed E-state index contributed by atoms with van der Waals surface area (Å²) in [4.78, 5) is 24.1. The summed E-state index contributed by atoms with van der Waals surface area (Å²) in [6.45, 7) is 5.51. The Labute approximate surface area is 115 Å². The van der Waals surface area contributed by atoms with Gasteiger partial charge in [-0.3, -0.25) is 0 Å². The van der Waals surface area contributed by atoms with Gasteiger partial charge in [0, 0.05) is 45.1 Å². The van der Waals surface area contributed by atoms with Gasteiger partial charge in [0.15, 0.2) is 0 Å². The maximum Gasteiger partial charge on any atom is 0.317 e. The lowest BCUT2D eigenvalue weighted by Crippen LogP contribution is -2.52. The van der Waals surface area contributed by atoms with Crippen LogP contribution in [0.3, 0.4) is 0 Å². The third-order valence-corrected chi connectivity index (χ3v) is 3.19. The van der Waals surface area contributed by atoms with Gasteiger partial charge in [-0.15, -0.1) is 0 Å². The number of hydrogen-bond acceptors (Lipinski definition) is 4. The molecule has 0 bridgehead atoms. The van der Waals surface area contributed by atoms with Crippen LogP contribution in [0.1, 0.15) is 6.92 Å². The second kappa shape index (κ2) is 5.99. The first-order valence-electron chi connectivity index (χ1n) is 5.96. The van der Waals surface area contributed by atoms with Crippen LogP contribution in [0.15, 0.2) is 16.9 Å². The molecule has 0 saturated carbocycles. The van der Waals surface area contributed by atoms with E-state index in [9.17, 15) is 4.79 Å². The van der Waals surface area contributed by atoms with Crippen LogP contribution in [-0.2, 0) is 0 Å². The molecule has 0 spiro atoms. The Morgan fingerprint density at radius 2 is 1.94 bits per heavy atom. The van der Waals surface area contributed by atoms with Crippen LogP contribution in [0.5, 0.6) is 0 Å². The predicted octanol–water partition coefficient (Wildman–Crippen LogP) is 1.09. The molecule has 98 valence electrons. The van der Waals surface area contributed by atoms with Crippen molar-refractivity contribution in [1.82, 2.24) is 20.2 Å². The van der Waals surface area contributed by atoms with Crippen LogP contribution in [0.4, 0.5) is 10.7 Å². The fourth-order valence-corrected chi connectivity index (χ4v) is 2.05. The lowest BCUT2D eigenvalue weighted by Gasteiger charge is -2.34. The highest BCUT2D eigenvalue weighted by Gasteiger charge is 2.21. The van der Waals surface area contributed by atoms with Gasteiger partial charge in [-0.05, 0) is 22.9 Å². The smallest absolute Gasteiger partial charge is 0.317 e. The average Bonchev–Trinajstić information content (AvgIpc) is 2.40. The molecule has 6 nitrogen and oxygen atoms in total. The Balaban J connectivity index is 1.90. The number of carbonyl (C=O) groups excluding carboxylic acids is 1. The third-order valence-electron chi connectivity index (χ3n) is 2.78. The predicted molar refractivity (Wildman–Crippen MR) is 72.6 cm³/mol. The number of hydrogen-bond donors (Lipinski definition) is 1. The van der Waals surface area contributed by atoms with Crippen molar-refractivity contribution in [2.45, 2.75) is 6.92 Å². The summed E-state index contributed by atoms with van der Waals surface area (Å²) in [7, 11) is 0. The zero-order valence-corrected chi connectivity index (χ0v) is 11.9. The molecule has 1 aliphatic rings. The van der Waals surface area contributed by atoms with Crippen LogP contribution in [0.25, 0.3) is 0 Å². The minimum Gasteiger partial charge on any atom is -0.338 e. The van der Waals surface area contributed by atoms with Crippen molar-refractivity contribution < 1.29 is 4.79 Å².